The topological polar surface area (TPSA) is 66.5 Å². The number of aliphatic hydroxyl groups excluding tert-OH is 2. The van der Waals surface area contributed by atoms with E-state index in [-0.39, 0.29) is 12.6 Å². The first-order chi connectivity index (χ1) is 6.65. The number of nitrogens with two attached hydrogens (primary N) is 1. The van der Waals surface area contributed by atoms with E-state index in [9.17, 15) is 5.11 Å². The minimum Gasteiger partial charge on any atom is -0.394 e. The van der Waals surface area contributed by atoms with E-state index < -0.39 is 6.10 Å². The third-order valence-corrected chi connectivity index (χ3v) is 3.90. The van der Waals surface area contributed by atoms with E-state index >= 15 is 0 Å². The molecule has 0 spiro atoms. The first-order valence-electron chi connectivity index (χ1n) is 5.31. The second kappa shape index (κ2) is 8.53. The molecular weight excluding hydrogens is 198 g/mol. The molecule has 0 fully saturated rings. The molecule has 86 valence electrons. The zero-order valence-corrected chi connectivity index (χ0v) is 9.96. The highest BCUT2D eigenvalue weighted by Gasteiger charge is 2.16. The van der Waals surface area contributed by atoms with E-state index in [4.69, 9.17) is 10.8 Å². The van der Waals surface area contributed by atoms with E-state index in [1.165, 1.54) is 0 Å². The van der Waals surface area contributed by atoms with E-state index in [0.717, 1.165) is 19.3 Å². The van der Waals surface area contributed by atoms with Crippen molar-refractivity contribution >= 4 is 11.8 Å². The van der Waals surface area contributed by atoms with Crippen LogP contribution in [0.2, 0.25) is 0 Å². The summed E-state index contributed by atoms with van der Waals surface area (Å²) in [4.78, 5) is 0. The first kappa shape index (κ1) is 14.2. The number of hydrogen-bond donors (Lipinski definition) is 3. The van der Waals surface area contributed by atoms with Crippen molar-refractivity contribution in [1.82, 2.24) is 0 Å². The minimum atomic E-state index is -0.608. The van der Waals surface area contributed by atoms with Crippen molar-refractivity contribution in [3.05, 3.63) is 0 Å². The second-order valence-electron chi connectivity index (χ2n) is 3.57. The van der Waals surface area contributed by atoms with Gasteiger partial charge >= 0.3 is 0 Å². The standard InChI is InChI=1S/C10H23NO2S/c1-3-5-9(11)10(4-2)14-7-8(13)6-12/h8-10,12-13H,3-7,11H2,1-2H3. The highest BCUT2D eigenvalue weighted by molar-refractivity contribution is 8.00. The van der Waals surface area contributed by atoms with Crippen LogP contribution in [0.5, 0.6) is 0 Å². The molecule has 4 heteroatoms. The Morgan fingerprint density at radius 3 is 2.43 bits per heavy atom. The summed E-state index contributed by atoms with van der Waals surface area (Å²) in [5.41, 5.74) is 6.00. The molecule has 14 heavy (non-hydrogen) atoms. The maximum Gasteiger partial charge on any atom is 0.0861 e. The van der Waals surface area contributed by atoms with Gasteiger partial charge in [-0.05, 0) is 12.8 Å². The van der Waals surface area contributed by atoms with Gasteiger partial charge in [-0.3, -0.25) is 0 Å². The van der Waals surface area contributed by atoms with Crippen LogP contribution in [0.25, 0.3) is 0 Å². The van der Waals surface area contributed by atoms with Crippen molar-refractivity contribution in [2.45, 2.75) is 50.5 Å². The summed E-state index contributed by atoms with van der Waals surface area (Å²) < 4.78 is 0. The lowest BCUT2D eigenvalue weighted by atomic mass is 10.1. The van der Waals surface area contributed by atoms with Crippen LogP contribution in [-0.2, 0) is 0 Å². The highest BCUT2D eigenvalue weighted by atomic mass is 32.2. The van der Waals surface area contributed by atoms with Crippen LogP contribution >= 0.6 is 11.8 Å². The fraction of sp³-hybridized carbons (Fsp3) is 1.00. The number of rotatable bonds is 8. The summed E-state index contributed by atoms with van der Waals surface area (Å²) in [5.74, 6) is 0.576. The second-order valence-corrected chi connectivity index (χ2v) is 4.84. The lowest BCUT2D eigenvalue weighted by molar-refractivity contribution is 0.113. The molecule has 3 nitrogen and oxygen atoms in total. The SMILES string of the molecule is CCCC(N)C(CC)SCC(O)CO. The lowest BCUT2D eigenvalue weighted by Crippen LogP contribution is -2.33. The van der Waals surface area contributed by atoms with Crippen molar-refractivity contribution < 1.29 is 10.2 Å². The van der Waals surface area contributed by atoms with Crippen LogP contribution < -0.4 is 5.73 Å². The molecule has 0 saturated carbocycles. The maximum atomic E-state index is 9.20. The van der Waals surface area contributed by atoms with Gasteiger partial charge in [-0.25, -0.2) is 0 Å². The van der Waals surface area contributed by atoms with Crippen molar-refractivity contribution in [3.8, 4) is 0 Å². The van der Waals surface area contributed by atoms with Gasteiger partial charge in [0.05, 0.1) is 12.7 Å². The van der Waals surface area contributed by atoms with Crippen molar-refractivity contribution in [2.24, 2.45) is 5.73 Å². The molecular formula is C10H23NO2S. The van der Waals surface area contributed by atoms with E-state index in [0.29, 0.717) is 11.0 Å². The Kier molecular flexibility index (Phi) is 8.67. The predicted molar refractivity (Wildman–Crippen MR) is 62.5 cm³/mol. The molecule has 0 radical (unpaired) electrons. The maximum absolute atomic E-state index is 9.20. The van der Waals surface area contributed by atoms with E-state index in [1.807, 2.05) is 0 Å². The molecule has 0 aromatic carbocycles. The molecule has 0 aliphatic rings. The van der Waals surface area contributed by atoms with Crippen LogP contribution in [0.4, 0.5) is 0 Å². The Bertz CT molecular complexity index is 135. The third kappa shape index (κ3) is 5.86. The van der Waals surface area contributed by atoms with Crippen molar-refractivity contribution in [2.75, 3.05) is 12.4 Å². The molecule has 0 bridgehead atoms. The quantitative estimate of drug-likeness (QED) is 0.571. The fourth-order valence-electron chi connectivity index (χ4n) is 1.35. The van der Waals surface area contributed by atoms with Gasteiger partial charge in [0, 0.05) is 17.0 Å². The minimum absolute atomic E-state index is 0.160. The van der Waals surface area contributed by atoms with Gasteiger partial charge in [0.1, 0.15) is 0 Å². The van der Waals surface area contributed by atoms with E-state index in [2.05, 4.69) is 13.8 Å². The van der Waals surface area contributed by atoms with Gasteiger partial charge < -0.3 is 15.9 Å². The molecule has 0 rings (SSSR count). The number of aliphatic hydroxyl groups is 2. The summed E-state index contributed by atoms with van der Waals surface area (Å²) in [6.45, 7) is 4.07. The fourth-order valence-corrected chi connectivity index (χ4v) is 2.54. The molecule has 3 unspecified atom stereocenters. The van der Waals surface area contributed by atoms with E-state index in [1.54, 1.807) is 11.8 Å². The van der Waals surface area contributed by atoms with Crippen molar-refractivity contribution in [3.63, 3.8) is 0 Å². The average molecular weight is 221 g/mol. The molecule has 0 aromatic rings. The molecule has 0 saturated heterocycles. The molecule has 0 heterocycles. The van der Waals surface area contributed by atoms with Crippen molar-refractivity contribution in [1.29, 1.82) is 0 Å². The van der Waals surface area contributed by atoms with Crippen LogP contribution in [-0.4, -0.2) is 40.0 Å². The van der Waals surface area contributed by atoms with Gasteiger partial charge in [-0.15, -0.1) is 0 Å². The molecule has 0 aliphatic carbocycles. The predicted octanol–water partition coefficient (Wildman–Crippen LogP) is 0.979. The summed E-state index contributed by atoms with van der Waals surface area (Å²) in [7, 11) is 0. The molecule has 0 aromatic heterocycles. The average Bonchev–Trinajstić information content (AvgIpc) is 2.18. The zero-order chi connectivity index (χ0) is 11.0. The monoisotopic (exact) mass is 221 g/mol. The highest BCUT2D eigenvalue weighted by Crippen LogP contribution is 2.20. The molecule has 3 atom stereocenters. The summed E-state index contributed by atoms with van der Waals surface area (Å²) >= 11 is 1.67. The van der Waals surface area contributed by atoms with Gasteiger partial charge in [0.25, 0.3) is 0 Å². The largest absolute Gasteiger partial charge is 0.394 e. The molecule has 4 N–H and O–H groups in total. The molecule has 0 amide bonds. The van der Waals surface area contributed by atoms with Gasteiger partial charge in [0.2, 0.25) is 0 Å². The smallest absolute Gasteiger partial charge is 0.0861 e. The lowest BCUT2D eigenvalue weighted by Gasteiger charge is -2.22. The normalized spacial score (nSPS) is 17.8. The zero-order valence-electron chi connectivity index (χ0n) is 9.15. The Balaban J connectivity index is 3.77. The van der Waals surface area contributed by atoms with Crippen LogP contribution in [0, 0.1) is 0 Å². The summed E-state index contributed by atoms with van der Waals surface area (Å²) in [6.07, 6.45) is 2.54. The van der Waals surface area contributed by atoms with Crippen LogP contribution in [0.15, 0.2) is 0 Å². The Hall–Kier alpha value is 0.230. The number of thioether (sulfide) groups is 1. The Morgan fingerprint density at radius 1 is 1.36 bits per heavy atom. The van der Waals surface area contributed by atoms with Crippen LogP contribution in [0.1, 0.15) is 33.1 Å². The number of hydrogen-bond acceptors (Lipinski definition) is 4. The van der Waals surface area contributed by atoms with Gasteiger partial charge in [-0.2, -0.15) is 11.8 Å². The summed E-state index contributed by atoms with van der Waals surface area (Å²) in [5, 5.41) is 18.3. The van der Waals surface area contributed by atoms with Gasteiger partial charge in [0.15, 0.2) is 0 Å². The Labute approximate surface area is 91.1 Å². The first-order valence-corrected chi connectivity index (χ1v) is 6.36. The summed E-state index contributed by atoms with van der Waals surface area (Å²) in [6, 6.07) is 0.209. The van der Waals surface area contributed by atoms with Gasteiger partial charge in [-0.1, -0.05) is 20.3 Å². The van der Waals surface area contributed by atoms with Crippen LogP contribution in [0.3, 0.4) is 0 Å². The molecule has 0 aliphatic heterocycles. The Morgan fingerprint density at radius 2 is 2.00 bits per heavy atom. The third-order valence-electron chi connectivity index (χ3n) is 2.22.